The second-order valence-corrected chi connectivity index (χ2v) is 9.21. The first-order valence-electron chi connectivity index (χ1n) is 8.89. The molecule has 1 heterocycles. The summed E-state index contributed by atoms with van der Waals surface area (Å²) in [4.78, 5) is 16.0. The molecule has 1 aromatic carbocycles. The number of carbonyl (C=O) groups is 1. The number of nitrogens with one attached hydrogen (secondary N) is 2. The van der Waals surface area contributed by atoms with E-state index in [2.05, 4.69) is 19.8 Å². The smallest absolute Gasteiger partial charge is 0.422 e. The maximum absolute atomic E-state index is 12.6. The fourth-order valence-electron chi connectivity index (χ4n) is 2.50. The van der Waals surface area contributed by atoms with Gasteiger partial charge in [0.2, 0.25) is 15.9 Å². The molecule has 0 radical (unpaired) electrons. The highest BCUT2D eigenvalue weighted by Crippen LogP contribution is 2.31. The number of benzene rings is 1. The Hall–Kier alpha value is -2.08. The summed E-state index contributed by atoms with van der Waals surface area (Å²) >= 11 is 12.1. The summed E-state index contributed by atoms with van der Waals surface area (Å²) in [6.45, 7) is -1.77. The van der Waals surface area contributed by atoms with Crippen molar-refractivity contribution >= 4 is 39.1 Å². The number of carbonyl (C=O) groups excluding carboxylic acids is 1. The highest BCUT2D eigenvalue weighted by atomic mass is 35.5. The van der Waals surface area contributed by atoms with E-state index in [9.17, 15) is 26.4 Å². The number of pyridine rings is 1. The van der Waals surface area contributed by atoms with Crippen LogP contribution in [-0.4, -0.2) is 38.1 Å². The van der Waals surface area contributed by atoms with Crippen molar-refractivity contribution in [2.24, 2.45) is 0 Å². The van der Waals surface area contributed by atoms with Crippen molar-refractivity contribution in [3.8, 4) is 5.88 Å². The van der Waals surface area contributed by atoms with Gasteiger partial charge in [-0.25, -0.2) is 18.1 Å². The maximum atomic E-state index is 12.6. The minimum atomic E-state index is -4.55. The van der Waals surface area contributed by atoms with E-state index in [1.807, 2.05) is 0 Å². The van der Waals surface area contributed by atoms with Gasteiger partial charge in [0.15, 0.2) is 6.61 Å². The van der Waals surface area contributed by atoms with Crippen LogP contribution in [0.5, 0.6) is 5.88 Å². The lowest BCUT2D eigenvalue weighted by molar-refractivity contribution is -0.154. The van der Waals surface area contributed by atoms with Gasteiger partial charge >= 0.3 is 6.18 Å². The van der Waals surface area contributed by atoms with Crippen molar-refractivity contribution < 1.29 is 31.1 Å². The van der Waals surface area contributed by atoms with E-state index in [-0.39, 0.29) is 44.5 Å². The molecule has 0 unspecified atom stereocenters. The van der Waals surface area contributed by atoms with Crippen LogP contribution in [0, 0.1) is 0 Å². The number of rotatable bonds is 8. The number of ether oxygens (including phenoxy) is 1. The first-order chi connectivity index (χ1) is 14.5. The minimum absolute atomic E-state index is 0.0902. The van der Waals surface area contributed by atoms with Crippen LogP contribution in [0.25, 0.3) is 0 Å². The summed E-state index contributed by atoms with van der Waals surface area (Å²) < 4.78 is 69.3. The number of aromatic nitrogens is 1. The molecule has 2 aromatic rings. The Bertz CT molecular complexity index is 1090. The van der Waals surface area contributed by atoms with Crippen LogP contribution in [-0.2, 0) is 16.6 Å². The van der Waals surface area contributed by atoms with E-state index in [1.165, 1.54) is 18.3 Å². The van der Waals surface area contributed by atoms with E-state index < -0.39 is 28.7 Å². The number of hydrogen-bond acceptors (Lipinski definition) is 5. The highest BCUT2D eigenvalue weighted by molar-refractivity contribution is 7.89. The first kappa shape index (κ1) is 23.6. The molecule has 0 spiro atoms. The third kappa shape index (κ3) is 6.45. The van der Waals surface area contributed by atoms with Gasteiger partial charge in [0.25, 0.3) is 5.91 Å². The molecule has 3 rings (SSSR count). The zero-order chi connectivity index (χ0) is 22.8. The van der Waals surface area contributed by atoms with Crippen molar-refractivity contribution in [2.75, 3.05) is 6.61 Å². The zero-order valence-corrected chi connectivity index (χ0v) is 18.0. The summed E-state index contributed by atoms with van der Waals surface area (Å²) in [7, 11) is -3.95. The van der Waals surface area contributed by atoms with Gasteiger partial charge in [-0.3, -0.25) is 4.79 Å². The molecule has 7 nitrogen and oxygen atoms in total. The summed E-state index contributed by atoms with van der Waals surface area (Å²) in [6, 6.07) is 4.91. The fourth-order valence-corrected chi connectivity index (χ4v) is 4.67. The zero-order valence-electron chi connectivity index (χ0n) is 15.7. The maximum Gasteiger partial charge on any atom is 0.422 e. The molecule has 1 amide bonds. The second-order valence-electron chi connectivity index (χ2n) is 6.71. The van der Waals surface area contributed by atoms with E-state index in [4.69, 9.17) is 23.2 Å². The van der Waals surface area contributed by atoms with Gasteiger partial charge in [-0.2, -0.15) is 13.2 Å². The van der Waals surface area contributed by atoms with Gasteiger partial charge < -0.3 is 10.1 Å². The average molecular weight is 498 g/mol. The van der Waals surface area contributed by atoms with Crippen LogP contribution < -0.4 is 14.8 Å². The lowest BCUT2D eigenvalue weighted by Gasteiger charge is -2.14. The third-order valence-electron chi connectivity index (χ3n) is 4.12. The van der Waals surface area contributed by atoms with Gasteiger partial charge in [0.1, 0.15) is 4.90 Å². The van der Waals surface area contributed by atoms with Crippen LogP contribution >= 0.6 is 23.2 Å². The lowest BCUT2D eigenvalue weighted by Crippen LogP contribution is -2.27. The van der Waals surface area contributed by atoms with Crippen LogP contribution in [0.3, 0.4) is 0 Å². The molecule has 1 aromatic heterocycles. The fraction of sp³-hybridized carbons (Fsp3) is 0.333. The molecular weight excluding hydrogens is 482 g/mol. The molecular formula is C18H16Cl2F3N3O4S. The standard InChI is InChI=1S/C18H16Cl2F3N3O4S/c19-13-7-14(20)15(31(28,29)26-11-3-4-11)6-12(13)16(27)25-8-10-2-1-5-24-17(10)30-9-18(21,22)23/h1-2,5-7,11,26H,3-4,8-9H2,(H,25,27). The molecule has 0 saturated heterocycles. The van der Waals surface area contributed by atoms with Gasteiger partial charge in [-0.1, -0.05) is 29.3 Å². The van der Waals surface area contributed by atoms with Crippen LogP contribution in [0.1, 0.15) is 28.8 Å². The Morgan fingerprint density at radius 1 is 1.23 bits per heavy atom. The quantitative estimate of drug-likeness (QED) is 0.579. The molecule has 0 atom stereocenters. The Morgan fingerprint density at radius 3 is 2.58 bits per heavy atom. The normalized spacial score (nSPS) is 14.4. The van der Waals surface area contributed by atoms with Gasteiger partial charge in [0.05, 0.1) is 15.6 Å². The van der Waals surface area contributed by atoms with E-state index >= 15 is 0 Å². The molecule has 0 bridgehead atoms. The summed E-state index contributed by atoms with van der Waals surface area (Å²) in [5.41, 5.74) is 0.0253. The summed E-state index contributed by atoms with van der Waals surface area (Å²) in [6.07, 6.45) is -1.88. The van der Waals surface area contributed by atoms with Gasteiger partial charge in [-0.15, -0.1) is 0 Å². The van der Waals surface area contributed by atoms with Crippen LogP contribution in [0.15, 0.2) is 35.4 Å². The molecule has 1 aliphatic rings. The van der Waals surface area contributed by atoms with Crippen LogP contribution in [0.2, 0.25) is 10.0 Å². The largest absolute Gasteiger partial charge is 0.468 e. The third-order valence-corrected chi connectivity index (χ3v) is 6.41. The SMILES string of the molecule is O=C(NCc1cccnc1OCC(F)(F)F)c1cc(S(=O)(=O)NC2CC2)c(Cl)cc1Cl. The number of amides is 1. The van der Waals surface area contributed by atoms with Crippen molar-refractivity contribution in [2.45, 2.75) is 36.5 Å². The number of nitrogens with zero attached hydrogens (tertiary/aromatic N) is 1. The van der Waals surface area contributed by atoms with E-state index in [0.717, 1.165) is 12.1 Å². The number of halogens is 5. The number of hydrogen-bond donors (Lipinski definition) is 2. The molecule has 1 aliphatic carbocycles. The predicted molar refractivity (Wildman–Crippen MR) is 107 cm³/mol. The van der Waals surface area contributed by atoms with Crippen LogP contribution in [0.4, 0.5) is 13.2 Å². The van der Waals surface area contributed by atoms with Crippen molar-refractivity contribution in [3.05, 3.63) is 51.6 Å². The monoisotopic (exact) mass is 497 g/mol. The topological polar surface area (TPSA) is 97.4 Å². The molecule has 31 heavy (non-hydrogen) atoms. The second kappa shape index (κ2) is 9.19. The first-order valence-corrected chi connectivity index (χ1v) is 11.1. The van der Waals surface area contributed by atoms with Gasteiger partial charge in [-0.05, 0) is 31.0 Å². The Labute approximate surface area is 185 Å². The minimum Gasteiger partial charge on any atom is -0.468 e. The summed E-state index contributed by atoms with van der Waals surface area (Å²) in [5, 5.41) is 2.22. The Balaban J connectivity index is 1.76. The van der Waals surface area contributed by atoms with Crippen molar-refractivity contribution in [1.29, 1.82) is 0 Å². The lowest BCUT2D eigenvalue weighted by atomic mass is 10.2. The molecule has 13 heteroatoms. The number of sulfonamides is 1. The summed E-state index contributed by atoms with van der Waals surface area (Å²) in [5.74, 6) is -1.05. The van der Waals surface area contributed by atoms with Crippen molar-refractivity contribution in [3.63, 3.8) is 0 Å². The Kier molecular flexibility index (Phi) is 6.99. The molecule has 1 fully saturated rings. The molecule has 168 valence electrons. The highest BCUT2D eigenvalue weighted by Gasteiger charge is 2.31. The Morgan fingerprint density at radius 2 is 1.94 bits per heavy atom. The average Bonchev–Trinajstić information content (AvgIpc) is 3.47. The number of alkyl halides is 3. The van der Waals surface area contributed by atoms with E-state index in [1.54, 1.807) is 0 Å². The molecule has 0 aliphatic heterocycles. The predicted octanol–water partition coefficient (Wildman–Crippen LogP) is 3.70. The molecule has 1 saturated carbocycles. The molecule has 2 N–H and O–H groups in total. The van der Waals surface area contributed by atoms with Gasteiger partial charge in [0, 0.05) is 24.3 Å². The van der Waals surface area contributed by atoms with Crippen molar-refractivity contribution in [1.82, 2.24) is 15.0 Å². The van der Waals surface area contributed by atoms with E-state index in [0.29, 0.717) is 12.8 Å².